The van der Waals surface area contributed by atoms with Crippen LogP contribution in [0.4, 0.5) is 4.39 Å². The van der Waals surface area contributed by atoms with Crippen LogP contribution in [0.25, 0.3) is 10.2 Å². The Kier molecular flexibility index (Phi) is 4.89. The molecule has 0 bridgehead atoms. The van der Waals surface area contributed by atoms with Crippen LogP contribution < -0.4 is 10.9 Å². The number of halogens is 1. The fourth-order valence-electron chi connectivity index (χ4n) is 2.45. The van der Waals surface area contributed by atoms with Gasteiger partial charge in [0.2, 0.25) is 5.91 Å². The third-order valence-corrected chi connectivity index (χ3v) is 4.99. The van der Waals surface area contributed by atoms with Gasteiger partial charge in [0.1, 0.15) is 12.4 Å². The van der Waals surface area contributed by atoms with Crippen molar-refractivity contribution in [2.75, 3.05) is 0 Å². The summed E-state index contributed by atoms with van der Waals surface area (Å²) < 4.78 is 15.0. The highest BCUT2D eigenvalue weighted by Crippen LogP contribution is 2.21. The Bertz CT molecular complexity index is 996. The van der Waals surface area contributed by atoms with Crippen molar-refractivity contribution in [2.24, 2.45) is 0 Å². The highest BCUT2D eigenvalue weighted by Gasteiger charge is 2.15. The first-order chi connectivity index (χ1) is 12.0. The van der Waals surface area contributed by atoms with E-state index in [9.17, 15) is 14.0 Å². The average Bonchev–Trinajstić information content (AvgIpc) is 3.03. The van der Waals surface area contributed by atoms with E-state index in [-0.39, 0.29) is 30.4 Å². The third-order valence-electron chi connectivity index (χ3n) is 3.68. The molecule has 0 saturated carbocycles. The number of aryl methyl sites for hydroxylation is 2. The lowest BCUT2D eigenvalue weighted by molar-refractivity contribution is -0.122. The Hall–Kier alpha value is -2.61. The molecular formula is C17H17FN4O2S. The third kappa shape index (κ3) is 3.74. The molecule has 0 unspecified atom stereocenters. The smallest absolute Gasteiger partial charge is 0.294 e. The van der Waals surface area contributed by atoms with Crippen LogP contribution in [0.15, 0.2) is 29.1 Å². The van der Waals surface area contributed by atoms with Crippen LogP contribution in [-0.2, 0) is 24.3 Å². The summed E-state index contributed by atoms with van der Waals surface area (Å²) in [5.74, 6) is -0.732. The zero-order valence-electron chi connectivity index (χ0n) is 13.9. The van der Waals surface area contributed by atoms with E-state index in [1.54, 1.807) is 19.1 Å². The molecule has 3 aromatic rings. The largest absolute Gasteiger partial charge is 0.350 e. The number of aromatic nitrogens is 3. The van der Waals surface area contributed by atoms with Gasteiger partial charge in [0, 0.05) is 6.54 Å². The molecule has 1 aromatic carbocycles. The van der Waals surface area contributed by atoms with Crippen LogP contribution in [0.1, 0.15) is 23.2 Å². The number of hydrogen-bond acceptors (Lipinski definition) is 5. The summed E-state index contributed by atoms with van der Waals surface area (Å²) in [5, 5.41) is 7.74. The Morgan fingerprint density at radius 1 is 1.40 bits per heavy atom. The van der Waals surface area contributed by atoms with Crippen LogP contribution in [0.5, 0.6) is 0 Å². The molecule has 25 heavy (non-hydrogen) atoms. The topological polar surface area (TPSA) is 76.9 Å². The highest BCUT2D eigenvalue weighted by molar-refractivity contribution is 7.18. The van der Waals surface area contributed by atoms with Crippen molar-refractivity contribution >= 4 is 27.5 Å². The van der Waals surface area contributed by atoms with E-state index in [0.717, 1.165) is 20.8 Å². The normalized spacial score (nSPS) is 11.0. The minimum absolute atomic E-state index is 0.184. The lowest BCUT2D eigenvalue weighted by Gasteiger charge is -2.08. The van der Waals surface area contributed by atoms with Gasteiger partial charge in [-0.25, -0.2) is 14.1 Å². The second-order valence-corrected chi connectivity index (χ2v) is 6.68. The van der Waals surface area contributed by atoms with E-state index < -0.39 is 0 Å². The zero-order chi connectivity index (χ0) is 18.0. The summed E-state index contributed by atoms with van der Waals surface area (Å²) in [6.45, 7) is 3.74. The molecule has 130 valence electrons. The van der Waals surface area contributed by atoms with Gasteiger partial charge < -0.3 is 5.32 Å². The maximum atomic E-state index is 13.1. The van der Waals surface area contributed by atoms with Crippen LogP contribution in [0.2, 0.25) is 0 Å². The number of fused-ring (bicyclic) bond motifs is 1. The van der Waals surface area contributed by atoms with Gasteiger partial charge in [0.15, 0.2) is 5.52 Å². The molecule has 0 aliphatic carbocycles. The van der Waals surface area contributed by atoms with Crippen molar-refractivity contribution in [1.82, 2.24) is 20.1 Å². The van der Waals surface area contributed by atoms with Gasteiger partial charge in [0.05, 0.1) is 15.4 Å². The second-order valence-electron chi connectivity index (χ2n) is 5.59. The number of thiazole rings is 1. The van der Waals surface area contributed by atoms with Gasteiger partial charge in [-0.1, -0.05) is 19.1 Å². The Morgan fingerprint density at radius 3 is 2.92 bits per heavy atom. The fraction of sp³-hybridized carbons (Fsp3) is 0.294. The maximum absolute atomic E-state index is 13.1. The summed E-state index contributed by atoms with van der Waals surface area (Å²) in [5.41, 5.74) is 1.29. The summed E-state index contributed by atoms with van der Waals surface area (Å²) in [6.07, 6.45) is 0.742. The summed E-state index contributed by atoms with van der Waals surface area (Å²) >= 11 is 1.45. The number of rotatable bonds is 5. The minimum atomic E-state index is -0.377. The lowest BCUT2D eigenvalue weighted by atomic mass is 10.2. The molecule has 6 nitrogen and oxygen atoms in total. The number of hydrogen-bond donors (Lipinski definition) is 1. The van der Waals surface area contributed by atoms with E-state index in [2.05, 4.69) is 15.4 Å². The second kappa shape index (κ2) is 7.10. The number of benzene rings is 1. The Balaban J connectivity index is 1.77. The van der Waals surface area contributed by atoms with Gasteiger partial charge in [-0.15, -0.1) is 11.3 Å². The Labute approximate surface area is 147 Å². The van der Waals surface area contributed by atoms with Crippen molar-refractivity contribution in [3.63, 3.8) is 0 Å². The monoisotopic (exact) mass is 360 g/mol. The fourth-order valence-corrected chi connectivity index (χ4v) is 3.38. The molecule has 2 aromatic heterocycles. The first-order valence-corrected chi connectivity index (χ1v) is 8.68. The van der Waals surface area contributed by atoms with E-state index in [1.807, 2.05) is 6.92 Å². The van der Waals surface area contributed by atoms with E-state index in [1.165, 1.54) is 23.5 Å². The first kappa shape index (κ1) is 17.2. The van der Waals surface area contributed by atoms with Crippen LogP contribution in [-0.4, -0.2) is 20.7 Å². The lowest BCUT2D eigenvalue weighted by Crippen LogP contribution is -2.33. The minimum Gasteiger partial charge on any atom is -0.350 e. The van der Waals surface area contributed by atoms with Gasteiger partial charge in [-0.2, -0.15) is 5.10 Å². The van der Waals surface area contributed by atoms with Gasteiger partial charge in [-0.05, 0) is 31.0 Å². The van der Waals surface area contributed by atoms with Crippen molar-refractivity contribution in [3.05, 3.63) is 56.7 Å². The van der Waals surface area contributed by atoms with Gasteiger partial charge in [-0.3, -0.25) is 9.59 Å². The average molecular weight is 360 g/mol. The molecule has 2 heterocycles. The number of carbonyl (C=O) groups excluding carboxylic acids is 1. The van der Waals surface area contributed by atoms with E-state index in [4.69, 9.17) is 0 Å². The summed E-state index contributed by atoms with van der Waals surface area (Å²) in [4.78, 5) is 28.9. The molecule has 0 spiro atoms. The number of carbonyl (C=O) groups is 1. The van der Waals surface area contributed by atoms with Gasteiger partial charge >= 0.3 is 0 Å². The van der Waals surface area contributed by atoms with Crippen LogP contribution >= 0.6 is 11.3 Å². The Morgan fingerprint density at radius 2 is 2.20 bits per heavy atom. The molecule has 0 saturated heterocycles. The standard InChI is InChI=1S/C17H17FN4O2S/c1-3-14-20-15-16(25-14)10(2)21-22(17(15)24)9-13(23)19-8-11-5-4-6-12(18)7-11/h4-7H,3,8-9H2,1-2H3,(H,19,23). The van der Waals surface area contributed by atoms with Gasteiger partial charge in [0.25, 0.3) is 5.56 Å². The SMILES string of the molecule is CCc1nc2c(=O)n(CC(=O)NCc3cccc(F)c3)nc(C)c2s1. The van der Waals surface area contributed by atoms with E-state index in [0.29, 0.717) is 16.8 Å². The quantitative estimate of drug-likeness (QED) is 0.757. The molecule has 0 fully saturated rings. The molecule has 1 N–H and O–H groups in total. The predicted molar refractivity (Wildman–Crippen MR) is 94.0 cm³/mol. The van der Waals surface area contributed by atoms with Crippen molar-refractivity contribution < 1.29 is 9.18 Å². The number of nitrogens with one attached hydrogen (secondary N) is 1. The molecular weight excluding hydrogens is 343 g/mol. The van der Waals surface area contributed by atoms with Crippen molar-refractivity contribution in [3.8, 4) is 0 Å². The molecule has 8 heteroatoms. The maximum Gasteiger partial charge on any atom is 0.294 e. The zero-order valence-corrected chi connectivity index (χ0v) is 14.7. The summed E-state index contributed by atoms with van der Waals surface area (Å²) in [7, 11) is 0. The van der Waals surface area contributed by atoms with Crippen LogP contribution in [0, 0.1) is 12.7 Å². The summed E-state index contributed by atoms with van der Waals surface area (Å²) in [6, 6.07) is 5.98. The van der Waals surface area contributed by atoms with Crippen molar-refractivity contribution in [1.29, 1.82) is 0 Å². The molecule has 0 atom stereocenters. The van der Waals surface area contributed by atoms with Crippen LogP contribution in [0.3, 0.4) is 0 Å². The number of nitrogens with zero attached hydrogens (tertiary/aromatic N) is 3. The first-order valence-electron chi connectivity index (χ1n) is 7.86. The molecule has 0 aliphatic rings. The van der Waals surface area contributed by atoms with E-state index >= 15 is 0 Å². The molecule has 0 aliphatic heterocycles. The number of amides is 1. The molecule has 1 amide bonds. The predicted octanol–water partition coefficient (Wildman–Crippen LogP) is 2.18. The molecule has 0 radical (unpaired) electrons. The van der Waals surface area contributed by atoms with Crippen molar-refractivity contribution in [2.45, 2.75) is 33.4 Å². The highest BCUT2D eigenvalue weighted by atomic mass is 32.1. The molecule has 3 rings (SSSR count).